The molecule has 12 nitrogen and oxygen atoms in total. The number of aryl methyl sites for hydroxylation is 2. The summed E-state index contributed by atoms with van der Waals surface area (Å²) in [5.74, 6) is 5.54. The van der Waals surface area contributed by atoms with Gasteiger partial charge in [0.25, 0.3) is 5.91 Å². The number of hydrogen-bond donors (Lipinski definition) is 5. The molecule has 1 unspecified atom stereocenters. The van der Waals surface area contributed by atoms with E-state index in [0.717, 1.165) is 53.3 Å². The van der Waals surface area contributed by atoms with E-state index in [1.807, 2.05) is 80.3 Å². The second kappa shape index (κ2) is 17.1. The molecule has 2 aliphatic heterocycles. The fraction of sp³-hybridized carbons (Fsp3) is 0.375. The standard InChI is InChI=1S/C26H30N6O2.C3H8FN3.C3H7NS/c1-17-13-19(10-11-20(17)14-27-26(34)31-12-6-7-18(31)2)25(33)32-16-21-15-28-30(3)24(21)29-22-8-4-5-9-23(22)32;4-1-3(5)2-7-6;1-4(2)3-5/h4-5,8-11,13,15,18,29H,6-7,12,14,16H2,1-3H3,(H,27,34);2,7H,1,5-6H2;3H,1-2H3/b;3-2-;. The first kappa shape index (κ1) is 35.8. The first-order valence-corrected chi connectivity index (χ1v) is 15.4. The molecule has 3 heterocycles. The number of likely N-dealkylation sites (tertiary alicyclic amines) is 1. The van der Waals surface area contributed by atoms with Crippen LogP contribution in [0.5, 0.6) is 0 Å². The van der Waals surface area contributed by atoms with Crippen LogP contribution in [0, 0.1) is 6.92 Å². The Bertz CT molecular complexity index is 1530. The number of urea groups is 1. The third kappa shape index (κ3) is 9.41. The number of hydrazine groups is 1. The molecule has 0 aliphatic carbocycles. The molecule has 0 radical (unpaired) electrons. The number of alkyl halides is 1. The lowest BCUT2D eigenvalue weighted by molar-refractivity contribution is 0.0985. The molecule has 3 amide bonds. The maximum atomic E-state index is 13.7. The highest BCUT2D eigenvalue weighted by Crippen LogP contribution is 2.36. The van der Waals surface area contributed by atoms with Gasteiger partial charge in [-0.25, -0.2) is 9.18 Å². The monoisotopic (exact) mass is 652 g/mol. The number of nitrogens with zero attached hydrogens (tertiary/aromatic N) is 5. The van der Waals surface area contributed by atoms with Gasteiger partial charge in [-0.15, -0.1) is 0 Å². The highest BCUT2D eigenvalue weighted by atomic mass is 32.1. The number of nitrogens with one attached hydrogen (secondary N) is 3. The van der Waals surface area contributed by atoms with Gasteiger partial charge >= 0.3 is 6.03 Å². The number of halogens is 1. The van der Waals surface area contributed by atoms with E-state index in [1.54, 1.807) is 21.3 Å². The van der Waals surface area contributed by atoms with Crippen LogP contribution in [0.15, 0.2) is 60.6 Å². The highest BCUT2D eigenvalue weighted by molar-refractivity contribution is 7.78. The average Bonchev–Trinajstić information content (AvgIpc) is 3.59. The van der Waals surface area contributed by atoms with E-state index in [-0.39, 0.29) is 23.7 Å². The minimum Gasteiger partial charge on any atom is -0.399 e. The molecule has 1 fully saturated rings. The molecule has 2 aromatic carbocycles. The van der Waals surface area contributed by atoms with Gasteiger partial charge in [0.05, 0.1) is 35.3 Å². The fourth-order valence-electron chi connectivity index (χ4n) is 4.97. The fourth-order valence-corrected chi connectivity index (χ4v) is 4.97. The van der Waals surface area contributed by atoms with Crippen molar-refractivity contribution < 1.29 is 14.0 Å². The van der Waals surface area contributed by atoms with E-state index in [0.29, 0.717) is 18.7 Å². The molecule has 1 aromatic heterocycles. The van der Waals surface area contributed by atoms with Crippen molar-refractivity contribution in [2.45, 2.75) is 45.8 Å². The maximum absolute atomic E-state index is 13.7. The molecule has 46 heavy (non-hydrogen) atoms. The number of aromatic nitrogens is 2. The first-order chi connectivity index (χ1) is 22.0. The predicted octanol–water partition coefficient (Wildman–Crippen LogP) is 4.05. The molecule has 1 saturated heterocycles. The minimum atomic E-state index is -0.663. The molecular formula is C32H45FN10O2S. The Morgan fingerprint density at radius 1 is 1.24 bits per heavy atom. The zero-order chi connectivity index (χ0) is 33.8. The number of hydrogen-bond acceptors (Lipinski definition) is 8. The molecule has 0 saturated carbocycles. The molecular weight excluding hydrogens is 607 g/mol. The van der Waals surface area contributed by atoms with E-state index in [4.69, 9.17) is 11.6 Å². The summed E-state index contributed by atoms with van der Waals surface area (Å²) in [5.41, 5.74) is 13.9. The Kier molecular flexibility index (Phi) is 13.3. The molecule has 0 bridgehead atoms. The van der Waals surface area contributed by atoms with Crippen LogP contribution in [0.1, 0.15) is 46.8 Å². The second-order valence-electron chi connectivity index (χ2n) is 11.2. The summed E-state index contributed by atoms with van der Waals surface area (Å²) in [7, 11) is 5.68. The zero-order valence-corrected chi connectivity index (χ0v) is 27.9. The number of fused-ring (bicyclic) bond motifs is 2. The van der Waals surface area contributed by atoms with Crippen molar-refractivity contribution in [3.8, 4) is 0 Å². The molecule has 2 aliphatic rings. The molecule has 7 N–H and O–H groups in total. The summed E-state index contributed by atoms with van der Waals surface area (Å²) in [6.45, 7) is 5.08. The van der Waals surface area contributed by atoms with Gasteiger partial charge in [0.2, 0.25) is 0 Å². The van der Waals surface area contributed by atoms with E-state index < -0.39 is 6.67 Å². The van der Waals surface area contributed by atoms with Crippen LogP contribution in [-0.4, -0.2) is 70.4 Å². The van der Waals surface area contributed by atoms with Crippen LogP contribution >= 0.6 is 12.2 Å². The van der Waals surface area contributed by atoms with Crippen molar-refractivity contribution in [3.63, 3.8) is 0 Å². The quantitative estimate of drug-likeness (QED) is 0.151. The van der Waals surface area contributed by atoms with Crippen molar-refractivity contribution in [3.05, 3.63) is 82.8 Å². The topological polar surface area (TPSA) is 150 Å². The number of benzene rings is 2. The summed E-state index contributed by atoms with van der Waals surface area (Å²) in [5, 5.41) is 10.8. The number of carbonyl (C=O) groups excluding carboxylic acids is 2. The van der Waals surface area contributed by atoms with Gasteiger partial charge in [-0.05, 0) is 62.1 Å². The van der Waals surface area contributed by atoms with Crippen molar-refractivity contribution in [1.29, 1.82) is 0 Å². The number of thiocarbonyl (C=S) groups is 1. The van der Waals surface area contributed by atoms with Crippen molar-refractivity contribution in [1.82, 2.24) is 30.3 Å². The lowest BCUT2D eigenvalue weighted by Crippen LogP contribution is -2.41. The zero-order valence-electron chi connectivity index (χ0n) is 27.1. The Morgan fingerprint density at radius 3 is 2.54 bits per heavy atom. The van der Waals surface area contributed by atoms with Crippen LogP contribution in [0.3, 0.4) is 0 Å². The van der Waals surface area contributed by atoms with E-state index in [2.05, 4.69) is 40.3 Å². The summed E-state index contributed by atoms with van der Waals surface area (Å²) in [6.07, 6.45) is 5.10. The van der Waals surface area contributed by atoms with E-state index in [9.17, 15) is 14.0 Å². The number of carbonyl (C=O) groups is 2. The average molecular weight is 653 g/mol. The van der Waals surface area contributed by atoms with Crippen molar-refractivity contribution in [2.75, 3.05) is 37.5 Å². The van der Waals surface area contributed by atoms with Gasteiger partial charge in [0, 0.05) is 57.6 Å². The van der Waals surface area contributed by atoms with Gasteiger partial charge in [-0.3, -0.25) is 15.3 Å². The first-order valence-electron chi connectivity index (χ1n) is 14.9. The van der Waals surface area contributed by atoms with Crippen molar-refractivity contribution in [2.24, 2.45) is 18.6 Å². The minimum absolute atomic E-state index is 0.0227. The largest absolute Gasteiger partial charge is 0.399 e. The number of para-hydroxylation sites is 2. The van der Waals surface area contributed by atoms with Gasteiger partial charge in [0.15, 0.2) is 0 Å². The summed E-state index contributed by atoms with van der Waals surface area (Å²) >= 11 is 4.48. The van der Waals surface area contributed by atoms with Crippen LogP contribution < -0.4 is 32.5 Å². The Balaban J connectivity index is 0.000000410. The van der Waals surface area contributed by atoms with E-state index >= 15 is 0 Å². The molecule has 1 atom stereocenters. The van der Waals surface area contributed by atoms with Crippen LogP contribution in [0.4, 0.5) is 26.4 Å². The van der Waals surface area contributed by atoms with E-state index in [1.165, 1.54) is 6.20 Å². The molecule has 5 rings (SSSR count). The number of anilines is 3. The van der Waals surface area contributed by atoms with Gasteiger partial charge in [-0.2, -0.15) is 5.10 Å². The summed E-state index contributed by atoms with van der Waals surface area (Å²) in [6, 6.07) is 13.8. The number of nitrogens with two attached hydrogens (primary N) is 2. The third-order valence-electron chi connectivity index (χ3n) is 7.50. The Morgan fingerprint density at radius 2 is 1.96 bits per heavy atom. The van der Waals surface area contributed by atoms with Gasteiger partial charge in [-0.1, -0.05) is 30.4 Å². The number of rotatable bonds is 6. The Hall–Kier alpha value is -4.69. The van der Waals surface area contributed by atoms with Gasteiger partial charge in [0.1, 0.15) is 12.5 Å². The smallest absolute Gasteiger partial charge is 0.317 e. The molecule has 0 spiro atoms. The highest BCUT2D eigenvalue weighted by Gasteiger charge is 2.27. The molecule has 3 aromatic rings. The lowest BCUT2D eigenvalue weighted by Gasteiger charge is -2.23. The predicted molar refractivity (Wildman–Crippen MR) is 185 cm³/mol. The summed E-state index contributed by atoms with van der Waals surface area (Å²) in [4.78, 5) is 31.7. The Labute approximate surface area is 275 Å². The van der Waals surface area contributed by atoms with Crippen LogP contribution in [0.2, 0.25) is 0 Å². The summed E-state index contributed by atoms with van der Waals surface area (Å²) < 4.78 is 13.1. The van der Waals surface area contributed by atoms with Gasteiger partial charge < -0.3 is 36.5 Å². The molecule has 14 heteroatoms. The second-order valence-corrected chi connectivity index (χ2v) is 11.5. The molecule has 248 valence electrons. The van der Waals surface area contributed by atoms with Crippen molar-refractivity contribution >= 4 is 46.8 Å². The maximum Gasteiger partial charge on any atom is 0.317 e. The lowest BCUT2D eigenvalue weighted by atomic mass is 10.0. The van der Waals surface area contributed by atoms with Crippen LogP contribution in [0.25, 0.3) is 0 Å². The number of amides is 3. The SMILES string of the molecule is CN(C)C=S.Cc1cc(C(=O)N2Cc3cnn(C)c3Nc3ccccc32)ccc1CNC(=O)N1CCCC1C.NN/C=C(\N)CF. The number of allylic oxidation sites excluding steroid dienone is 1. The third-order valence-corrected chi connectivity index (χ3v) is 7.93. The van der Waals surface area contributed by atoms with Crippen LogP contribution in [-0.2, 0) is 20.1 Å². The normalized spacial score (nSPS) is 15.0.